The van der Waals surface area contributed by atoms with E-state index < -0.39 is 5.97 Å². The molecule has 0 radical (unpaired) electrons. The highest BCUT2D eigenvalue weighted by Gasteiger charge is 2.46. The van der Waals surface area contributed by atoms with Crippen molar-refractivity contribution in [3.05, 3.63) is 59.3 Å². The Morgan fingerprint density at radius 3 is 2.66 bits per heavy atom. The lowest BCUT2D eigenvalue weighted by molar-refractivity contribution is -0.129. The minimum atomic E-state index is -0.430. The SMILES string of the molecule is CCC1CC2C(=O)C(c3nc4ccccc4s3)=COC2CC1OC(=O)c1ccc(OC)c(OC)c1. The van der Waals surface area contributed by atoms with E-state index in [4.69, 9.17) is 18.9 Å². The number of aromatic nitrogens is 1. The second-order valence-electron chi connectivity index (χ2n) is 8.82. The summed E-state index contributed by atoms with van der Waals surface area (Å²) in [6.07, 6.45) is 2.74. The first-order valence-corrected chi connectivity index (χ1v) is 12.5. The first kappa shape index (κ1) is 23.4. The number of nitrogens with zero attached hydrogens (tertiary/aromatic N) is 1. The van der Waals surface area contributed by atoms with E-state index in [0.29, 0.717) is 40.5 Å². The summed E-state index contributed by atoms with van der Waals surface area (Å²) in [6, 6.07) is 12.8. The number of para-hydroxylation sites is 1. The van der Waals surface area contributed by atoms with Crippen LogP contribution in [0.1, 0.15) is 41.6 Å². The molecule has 0 bridgehead atoms. The predicted octanol–water partition coefficient (Wildman–Crippen LogP) is 5.28. The Morgan fingerprint density at radius 1 is 1.11 bits per heavy atom. The summed E-state index contributed by atoms with van der Waals surface area (Å²) in [5, 5.41) is 0.685. The highest BCUT2D eigenvalue weighted by Crippen LogP contribution is 2.42. The summed E-state index contributed by atoms with van der Waals surface area (Å²) in [5.74, 6) is 0.418. The van der Waals surface area contributed by atoms with E-state index in [1.165, 1.54) is 18.4 Å². The van der Waals surface area contributed by atoms with Crippen molar-refractivity contribution >= 4 is 38.9 Å². The summed E-state index contributed by atoms with van der Waals surface area (Å²) in [5.41, 5.74) is 1.79. The number of benzene rings is 2. The third kappa shape index (κ3) is 4.38. The Bertz CT molecular complexity index is 1260. The van der Waals surface area contributed by atoms with Crippen molar-refractivity contribution in [1.82, 2.24) is 4.98 Å². The molecule has 1 aliphatic heterocycles. The average Bonchev–Trinajstić information content (AvgIpc) is 3.32. The van der Waals surface area contributed by atoms with Gasteiger partial charge in [-0.15, -0.1) is 11.3 Å². The standard InChI is InChI=1S/C27H27NO6S/c1-4-15-11-17-22(13-21(15)34-27(30)16-9-10-20(31-2)23(12-16)32-3)33-14-18(25(17)29)26-28-19-7-5-6-8-24(19)35-26/h5-10,12,14-15,17,21-22H,4,11,13H2,1-3H3. The van der Waals surface area contributed by atoms with Crippen molar-refractivity contribution in [3.8, 4) is 11.5 Å². The van der Waals surface area contributed by atoms with Crippen LogP contribution in [-0.4, -0.2) is 43.2 Å². The number of ether oxygens (including phenoxy) is 4. The van der Waals surface area contributed by atoms with Gasteiger partial charge in [-0.25, -0.2) is 9.78 Å². The smallest absolute Gasteiger partial charge is 0.338 e. The van der Waals surface area contributed by atoms with Crippen molar-refractivity contribution in [2.24, 2.45) is 11.8 Å². The van der Waals surface area contributed by atoms with E-state index >= 15 is 0 Å². The van der Waals surface area contributed by atoms with E-state index in [2.05, 4.69) is 11.9 Å². The molecule has 2 aliphatic rings. The normalized spacial score (nSPS) is 23.7. The van der Waals surface area contributed by atoms with Gasteiger partial charge in [0.15, 0.2) is 17.3 Å². The van der Waals surface area contributed by atoms with Gasteiger partial charge >= 0.3 is 5.97 Å². The molecule has 4 unspecified atom stereocenters. The number of carbonyl (C=O) groups excluding carboxylic acids is 2. The number of hydrogen-bond acceptors (Lipinski definition) is 8. The number of methoxy groups -OCH3 is 2. The number of allylic oxidation sites excluding steroid dienone is 1. The fraction of sp³-hybridized carbons (Fsp3) is 0.370. The molecule has 2 heterocycles. The van der Waals surface area contributed by atoms with Gasteiger partial charge in [-0.2, -0.15) is 0 Å². The highest BCUT2D eigenvalue weighted by atomic mass is 32.1. The second-order valence-corrected chi connectivity index (χ2v) is 9.85. The molecule has 0 N–H and O–H groups in total. The van der Waals surface area contributed by atoms with Crippen molar-refractivity contribution < 1.29 is 28.5 Å². The van der Waals surface area contributed by atoms with Crippen LogP contribution in [0.2, 0.25) is 0 Å². The maximum absolute atomic E-state index is 13.5. The van der Waals surface area contributed by atoms with Crippen LogP contribution >= 0.6 is 11.3 Å². The maximum Gasteiger partial charge on any atom is 0.338 e. The summed E-state index contributed by atoms with van der Waals surface area (Å²) < 4.78 is 23.6. The summed E-state index contributed by atoms with van der Waals surface area (Å²) in [4.78, 5) is 31.0. The van der Waals surface area contributed by atoms with Crippen molar-refractivity contribution in [2.75, 3.05) is 14.2 Å². The molecule has 35 heavy (non-hydrogen) atoms. The lowest BCUT2D eigenvalue weighted by Gasteiger charge is -2.41. The number of Topliss-reactive ketones (excluding diaryl/α,β-unsaturated/α-hetero) is 1. The fourth-order valence-electron chi connectivity index (χ4n) is 4.94. The van der Waals surface area contributed by atoms with E-state index in [-0.39, 0.29) is 29.8 Å². The topological polar surface area (TPSA) is 84.0 Å². The molecule has 1 saturated carbocycles. The monoisotopic (exact) mass is 493 g/mol. The van der Waals surface area contributed by atoms with Crippen LogP contribution < -0.4 is 9.47 Å². The van der Waals surface area contributed by atoms with Gasteiger partial charge in [0.2, 0.25) is 0 Å². The number of fused-ring (bicyclic) bond motifs is 2. The highest BCUT2D eigenvalue weighted by molar-refractivity contribution is 7.19. The molecular formula is C27H27NO6S. The first-order chi connectivity index (χ1) is 17.0. The Balaban J connectivity index is 1.33. The van der Waals surface area contributed by atoms with Crippen LogP contribution in [0.3, 0.4) is 0 Å². The van der Waals surface area contributed by atoms with Gasteiger partial charge in [0, 0.05) is 6.42 Å². The molecule has 1 fully saturated rings. The van der Waals surface area contributed by atoms with Crippen LogP contribution in [0.5, 0.6) is 11.5 Å². The van der Waals surface area contributed by atoms with Gasteiger partial charge in [-0.1, -0.05) is 19.1 Å². The van der Waals surface area contributed by atoms with Gasteiger partial charge in [0.05, 0.1) is 47.8 Å². The van der Waals surface area contributed by atoms with Gasteiger partial charge in [-0.05, 0) is 49.1 Å². The van der Waals surface area contributed by atoms with Crippen molar-refractivity contribution in [2.45, 2.75) is 38.4 Å². The van der Waals surface area contributed by atoms with Crippen molar-refractivity contribution in [1.29, 1.82) is 0 Å². The summed E-state index contributed by atoms with van der Waals surface area (Å²) >= 11 is 1.50. The van der Waals surface area contributed by atoms with Crippen LogP contribution in [0, 0.1) is 11.8 Å². The summed E-state index contributed by atoms with van der Waals surface area (Å²) in [6.45, 7) is 2.06. The number of esters is 1. The van der Waals surface area contributed by atoms with E-state index in [1.54, 1.807) is 31.6 Å². The number of hydrogen-bond donors (Lipinski definition) is 0. The molecule has 8 heteroatoms. The quantitative estimate of drug-likeness (QED) is 0.432. The van der Waals surface area contributed by atoms with Gasteiger partial charge in [0.25, 0.3) is 0 Å². The van der Waals surface area contributed by atoms with Gasteiger partial charge < -0.3 is 18.9 Å². The molecule has 4 atom stereocenters. The Kier molecular flexibility index (Phi) is 6.47. The zero-order chi connectivity index (χ0) is 24.5. The molecule has 0 saturated heterocycles. The van der Waals surface area contributed by atoms with Crippen LogP contribution in [0.4, 0.5) is 0 Å². The van der Waals surface area contributed by atoms with Crippen molar-refractivity contribution in [3.63, 3.8) is 0 Å². The zero-order valence-electron chi connectivity index (χ0n) is 19.9. The molecule has 7 nitrogen and oxygen atoms in total. The lowest BCUT2D eigenvalue weighted by Crippen LogP contribution is -2.46. The largest absolute Gasteiger partial charge is 0.496 e. The van der Waals surface area contributed by atoms with E-state index in [1.807, 2.05) is 24.3 Å². The zero-order valence-corrected chi connectivity index (χ0v) is 20.7. The predicted molar refractivity (Wildman–Crippen MR) is 133 cm³/mol. The Labute approximate surface area is 207 Å². The van der Waals surface area contributed by atoms with Crippen LogP contribution in [-0.2, 0) is 14.3 Å². The third-order valence-corrected chi connectivity index (χ3v) is 7.95. The Hall–Kier alpha value is -3.39. The van der Waals surface area contributed by atoms with E-state index in [9.17, 15) is 9.59 Å². The molecule has 2 aromatic carbocycles. The van der Waals surface area contributed by atoms with Crippen LogP contribution in [0.25, 0.3) is 15.8 Å². The summed E-state index contributed by atoms with van der Waals surface area (Å²) in [7, 11) is 3.07. The molecule has 0 amide bonds. The molecule has 1 aromatic heterocycles. The average molecular weight is 494 g/mol. The minimum Gasteiger partial charge on any atom is -0.496 e. The van der Waals surface area contributed by atoms with E-state index in [0.717, 1.165) is 16.6 Å². The van der Waals surface area contributed by atoms with Gasteiger partial charge in [0.1, 0.15) is 17.2 Å². The fourth-order valence-corrected chi connectivity index (χ4v) is 5.92. The lowest BCUT2D eigenvalue weighted by atomic mass is 9.72. The number of ketones is 1. The molecular weight excluding hydrogens is 466 g/mol. The molecule has 3 aromatic rings. The Morgan fingerprint density at radius 2 is 1.91 bits per heavy atom. The van der Waals surface area contributed by atoms with Gasteiger partial charge in [-0.3, -0.25) is 4.79 Å². The number of rotatable bonds is 6. The molecule has 182 valence electrons. The molecule has 1 aliphatic carbocycles. The maximum atomic E-state index is 13.5. The minimum absolute atomic E-state index is 0.0580. The third-order valence-electron chi connectivity index (χ3n) is 6.89. The van der Waals surface area contributed by atoms with Crippen LogP contribution in [0.15, 0.2) is 48.7 Å². The molecule has 5 rings (SSSR count). The number of thiazole rings is 1. The second kappa shape index (κ2) is 9.70. The number of carbonyl (C=O) groups is 2. The first-order valence-electron chi connectivity index (χ1n) is 11.7. The molecule has 0 spiro atoms.